The Morgan fingerprint density at radius 3 is 2.23 bits per heavy atom. The Kier molecular flexibility index (Phi) is 8.26. The molecule has 0 bridgehead atoms. The Labute approximate surface area is 204 Å². The second-order valence-corrected chi connectivity index (χ2v) is 8.51. The SMILES string of the molecule is C/C=C/C1OCC(c2ccc(-c3ccc(-c4ccc(OCCCC)c(F)c4F)cc3)cc2F)CO1. The standard InChI is InChI=1S/C29H29F3O3/c1-3-5-15-33-26-14-13-24(28(31)29(26)32)20-9-7-19(8-10-20)21-11-12-23(25(30)16-21)22-17-34-27(6-4-2)35-18-22/h4,6-14,16,22,27H,3,5,15,17-18H2,1-2H3/b6-4+. The van der Waals surface area contributed by atoms with Crippen LogP contribution in [0, 0.1) is 17.5 Å². The van der Waals surface area contributed by atoms with Crippen molar-refractivity contribution in [2.75, 3.05) is 19.8 Å². The fourth-order valence-electron chi connectivity index (χ4n) is 4.04. The van der Waals surface area contributed by atoms with Crippen molar-refractivity contribution in [2.45, 2.75) is 38.9 Å². The summed E-state index contributed by atoms with van der Waals surface area (Å²) in [5.74, 6) is -2.54. The highest BCUT2D eigenvalue weighted by Crippen LogP contribution is 2.33. The molecule has 35 heavy (non-hydrogen) atoms. The monoisotopic (exact) mass is 482 g/mol. The molecule has 0 saturated carbocycles. The van der Waals surface area contributed by atoms with E-state index in [9.17, 15) is 13.2 Å². The van der Waals surface area contributed by atoms with Crippen molar-refractivity contribution in [1.29, 1.82) is 0 Å². The van der Waals surface area contributed by atoms with Gasteiger partial charge in [0.05, 0.1) is 19.8 Å². The number of hydrogen-bond acceptors (Lipinski definition) is 3. The third-order valence-electron chi connectivity index (χ3n) is 6.04. The van der Waals surface area contributed by atoms with E-state index in [1.54, 1.807) is 30.3 Å². The second-order valence-electron chi connectivity index (χ2n) is 8.51. The van der Waals surface area contributed by atoms with E-state index in [1.807, 2.05) is 32.1 Å². The first-order valence-electron chi connectivity index (χ1n) is 11.9. The van der Waals surface area contributed by atoms with Gasteiger partial charge in [-0.05, 0) is 59.9 Å². The predicted octanol–water partition coefficient (Wildman–Crippen LogP) is 7.65. The van der Waals surface area contributed by atoms with Crippen LogP contribution in [0.1, 0.15) is 38.2 Å². The van der Waals surface area contributed by atoms with Crippen LogP contribution >= 0.6 is 0 Å². The van der Waals surface area contributed by atoms with E-state index >= 15 is 0 Å². The van der Waals surface area contributed by atoms with E-state index < -0.39 is 11.6 Å². The molecule has 3 aromatic rings. The zero-order valence-electron chi connectivity index (χ0n) is 19.9. The number of benzene rings is 3. The van der Waals surface area contributed by atoms with Crippen LogP contribution in [0.2, 0.25) is 0 Å². The summed E-state index contributed by atoms with van der Waals surface area (Å²) in [4.78, 5) is 0. The molecule has 0 aromatic heterocycles. The molecule has 0 atom stereocenters. The van der Waals surface area contributed by atoms with Crippen LogP contribution in [-0.4, -0.2) is 26.1 Å². The Morgan fingerprint density at radius 2 is 1.57 bits per heavy atom. The molecule has 3 aromatic carbocycles. The summed E-state index contributed by atoms with van der Waals surface area (Å²) in [5, 5.41) is 0. The van der Waals surface area contributed by atoms with Crippen LogP contribution in [0.5, 0.6) is 5.75 Å². The van der Waals surface area contributed by atoms with Crippen molar-refractivity contribution < 1.29 is 27.4 Å². The third-order valence-corrected chi connectivity index (χ3v) is 6.04. The van der Waals surface area contributed by atoms with Gasteiger partial charge in [-0.2, -0.15) is 4.39 Å². The number of hydrogen-bond donors (Lipinski definition) is 0. The molecule has 0 radical (unpaired) electrons. The summed E-state index contributed by atoms with van der Waals surface area (Å²) in [5.41, 5.74) is 2.67. The maximum atomic E-state index is 14.9. The molecule has 0 amide bonds. The molecule has 1 saturated heterocycles. The molecule has 1 aliphatic rings. The molecular weight excluding hydrogens is 453 g/mol. The molecule has 0 unspecified atom stereocenters. The first-order valence-corrected chi connectivity index (χ1v) is 11.9. The molecule has 0 aliphatic carbocycles. The smallest absolute Gasteiger partial charge is 0.201 e. The maximum absolute atomic E-state index is 14.9. The molecule has 184 valence electrons. The second kappa shape index (κ2) is 11.6. The highest BCUT2D eigenvalue weighted by Gasteiger charge is 2.24. The van der Waals surface area contributed by atoms with Gasteiger partial charge in [-0.25, -0.2) is 8.78 Å². The first-order chi connectivity index (χ1) is 17.0. The number of allylic oxidation sites excluding steroid dienone is 1. The van der Waals surface area contributed by atoms with Gasteiger partial charge in [-0.3, -0.25) is 0 Å². The minimum absolute atomic E-state index is 0.0852. The molecule has 1 aliphatic heterocycles. The third kappa shape index (κ3) is 5.77. The normalized spacial score (nSPS) is 18.2. The summed E-state index contributed by atoms with van der Waals surface area (Å²) >= 11 is 0. The lowest BCUT2D eigenvalue weighted by atomic mass is 9.95. The zero-order valence-corrected chi connectivity index (χ0v) is 19.9. The van der Waals surface area contributed by atoms with Gasteiger partial charge in [0.15, 0.2) is 17.9 Å². The molecule has 4 rings (SSSR count). The Hall–Kier alpha value is -3.09. The van der Waals surface area contributed by atoms with Gasteiger partial charge in [0.25, 0.3) is 0 Å². The van der Waals surface area contributed by atoms with Crippen molar-refractivity contribution >= 4 is 0 Å². The maximum Gasteiger partial charge on any atom is 0.201 e. The van der Waals surface area contributed by atoms with Gasteiger partial charge >= 0.3 is 0 Å². The summed E-state index contributed by atoms with van der Waals surface area (Å²) in [7, 11) is 0. The summed E-state index contributed by atoms with van der Waals surface area (Å²) in [6, 6.07) is 14.9. The van der Waals surface area contributed by atoms with Gasteiger partial charge in [0, 0.05) is 11.5 Å². The number of halogens is 3. The lowest BCUT2D eigenvalue weighted by Crippen LogP contribution is -2.29. The van der Waals surface area contributed by atoms with Gasteiger partial charge in [-0.1, -0.05) is 55.8 Å². The Balaban J connectivity index is 1.48. The average Bonchev–Trinajstić information content (AvgIpc) is 2.88. The van der Waals surface area contributed by atoms with Crippen LogP contribution in [-0.2, 0) is 9.47 Å². The van der Waals surface area contributed by atoms with Crippen LogP contribution < -0.4 is 4.74 Å². The van der Waals surface area contributed by atoms with Crippen molar-refractivity contribution in [1.82, 2.24) is 0 Å². The number of ether oxygens (including phenoxy) is 3. The number of rotatable bonds is 8. The fourth-order valence-corrected chi connectivity index (χ4v) is 4.04. The van der Waals surface area contributed by atoms with E-state index in [4.69, 9.17) is 14.2 Å². The van der Waals surface area contributed by atoms with E-state index in [0.29, 0.717) is 36.5 Å². The largest absolute Gasteiger partial charge is 0.490 e. The Morgan fingerprint density at radius 1 is 0.886 bits per heavy atom. The van der Waals surface area contributed by atoms with Gasteiger partial charge < -0.3 is 14.2 Å². The summed E-state index contributed by atoms with van der Waals surface area (Å²) in [6.07, 6.45) is 4.96. The van der Waals surface area contributed by atoms with Crippen molar-refractivity contribution in [3.8, 4) is 28.0 Å². The van der Waals surface area contributed by atoms with Gasteiger partial charge in [-0.15, -0.1) is 0 Å². The van der Waals surface area contributed by atoms with Crippen molar-refractivity contribution in [3.05, 3.63) is 89.8 Å². The lowest BCUT2D eigenvalue weighted by molar-refractivity contribution is -0.159. The van der Waals surface area contributed by atoms with E-state index in [-0.39, 0.29) is 29.3 Å². The predicted molar refractivity (Wildman–Crippen MR) is 131 cm³/mol. The molecule has 0 N–H and O–H groups in total. The zero-order chi connectivity index (χ0) is 24.8. The van der Waals surface area contributed by atoms with Gasteiger partial charge in [0.2, 0.25) is 5.82 Å². The van der Waals surface area contributed by atoms with Gasteiger partial charge in [0.1, 0.15) is 5.82 Å². The molecule has 3 nitrogen and oxygen atoms in total. The van der Waals surface area contributed by atoms with Crippen LogP contribution in [0.25, 0.3) is 22.3 Å². The minimum Gasteiger partial charge on any atom is -0.490 e. The van der Waals surface area contributed by atoms with Crippen molar-refractivity contribution in [3.63, 3.8) is 0 Å². The first kappa shape index (κ1) is 25.0. The molecule has 1 heterocycles. The quantitative estimate of drug-likeness (QED) is 0.244. The molecule has 6 heteroatoms. The van der Waals surface area contributed by atoms with E-state index in [2.05, 4.69) is 0 Å². The summed E-state index contributed by atoms with van der Waals surface area (Å²) < 4.78 is 60.6. The lowest BCUT2D eigenvalue weighted by Gasteiger charge is -2.28. The minimum atomic E-state index is -0.993. The Bertz CT molecular complexity index is 1170. The topological polar surface area (TPSA) is 27.7 Å². The highest BCUT2D eigenvalue weighted by atomic mass is 19.2. The van der Waals surface area contributed by atoms with E-state index in [0.717, 1.165) is 18.4 Å². The summed E-state index contributed by atoms with van der Waals surface area (Å²) in [6.45, 7) is 4.98. The van der Waals surface area contributed by atoms with Crippen LogP contribution in [0.4, 0.5) is 13.2 Å². The average molecular weight is 483 g/mol. The number of unbranched alkanes of at least 4 members (excludes halogenated alkanes) is 1. The van der Waals surface area contributed by atoms with Crippen LogP contribution in [0.3, 0.4) is 0 Å². The molecule has 0 spiro atoms. The van der Waals surface area contributed by atoms with Crippen molar-refractivity contribution in [2.24, 2.45) is 0 Å². The fraction of sp³-hybridized carbons (Fsp3) is 0.310. The molecular formula is C29H29F3O3. The molecule has 1 fully saturated rings. The van der Waals surface area contributed by atoms with E-state index in [1.165, 1.54) is 18.2 Å². The highest BCUT2D eigenvalue weighted by molar-refractivity contribution is 5.71. The van der Waals surface area contributed by atoms with Crippen LogP contribution in [0.15, 0.2) is 66.7 Å².